The summed E-state index contributed by atoms with van der Waals surface area (Å²) in [7, 11) is 0. The van der Waals surface area contributed by atoms with Gasteiger partial charge in [0, 0.05) is 12.4 Å². The number of oxime groups is 1. The Bertz CT molecular complexity index is 710. The third-order valence-electron chi connectivity index (χ3n) is 5.08. The van der Waals surface area contributed by atoms with E-state index in [0.717, 1.165) is 12.8 Å². The van der Waals surface area contributed by atoms with Gasteiger partial charge < -0.3 is 15.3 Å². The number of ether oxygens (including phenoxy) is 1. The molecule has 0 saturated heterocycles. The van der Waals surface area contributed by atoms with Crippen LogP contribution in [0.3, 0.4) is 0 Å². The van der Waals surface area contributed by atoms with Crippen molar-refractivity contribution in [1.82, 2.24) is 9.97 Å². The second-order valence-corrected chi connectivity index (χ2v) is 8.88. The van der Waals surface area contributed by atoms with Crippen LogP contribution in [0.15, 0.2) is 23.6 Å². The van der Waals surface area contributed by atoms with Gasteiger partial charge in [-0.1, -0.05) is 50.1 Å². The molecule has 0 aromatic carbocycles. The Morgan fingerprint density at radius 1 is 1.20 bits per heavy atom. The van der Waals surface area contributed by atoms with Crippen LogP contribution in [0, 0.1) is 11.8 Å². The van der Waals surface area contributed by atoms with Crippen molar-refractivity contribution < 1.29 is 19.2 Å². The molecule has 8 nitrogen and oxygen atoms in total. The van der Waals surface area contributed by atoms with Gasteiger partial charge in [0.15, 0.2) is 5.82 Å². The number of carbonyl (C=O) groups excluding carboxylic acids is 2. The Morgan fingerprint density at radius 2 is 1.87 bits per heavy atom. The van der Waals surface area contributed by atoms with Crippen LogP contribution >= 0.6 is 0 Å². The van der Waals surface area contributed by atoms with Gasteiger partial charge in [0.1, 0.15) is 5.60 Å². The maximum absolute atomic E-state index is 12.6. The first kappa shape index (κ1) is 23.8. The standard InChI is InChI=1S/C22H34N4O4/c1-22(2,3)29-18(27)15-17(12-7-11-16-9-5-4-6-10-16)21(28)30-26-19(23)20-24-13-8-14-25-20/h8,13-14,16-17H,4-7,9-12,15H2,1-3H3,(H2,23,26)/t17-/m1/s1. The smallest absolute Gasteiger partial charge is 0.338 e. The topological polar surface area (TPSA) is 117 Å². The Labute approximate surface area is 178 Å². The summed E-state index contributed by atoms with van der Waals surface area (Å²) in [6.45, 7) is 5.39. The summed E-state index contributed by atoms with van der Waals surface area (Å²) >= 11 is 0. The molecular formula is C22H34N4O4. The van der Waals surface area contributed by atoms with Crippen molar-refractivity contribution in [2.45, 2.75) is 84.2 Å². The molecule has 1 aliphatic carbocycles. The molecular weight excluding hydrogens is 384 g/mol. The molecule has 1 atom stereocenters. The predicted octanol–water partition coefficient (Wildman–Crippen LogP) is 3.74. The van der Waals surface area contributed by atoms with Crippen LogP contribution in [0.25, 0.3) is 0 Å². The molecule has 1 aliphatic rings. The van der Waals surface area contributed by atoms with E-state index in [2.05, 4.69) is 15.1 Å². The third-order valence-corrected chi connectivity index (χ3v) is 5.08. The van der Waals surface area contributed by atoms with Gasteiger partial charge in [-0.05, 0) is 39.2 Å². The highest BCUT2D eigenvalue weighted by Crippen LogP contribution is 2.29. The van der Waals surface area contributed by atoms with E-state index in [0.29, 0.717) is 12.3 Å². The van der Waals surface area contributed by atoms with Gasteiger partial charge in [-0.2, -0.15) is 0 Å². The van der Waals surface area contributed by atoms with Gasteiger partial charge in [-0.25, -0.2) is 14.8 Å². The fourth-order valence-corrected chi connectivity index (χ4v) is 3.66. The fourth-order valence-electron chi connectivity index (χ4n) is 3.66. The zero-order chi connectivity index (χ0) is 22.0. The lowest BCUT2D eigenvalue weighted by Crippen LogP contribution is -2.28. The van der Waals surface area contributed by atoms with E-state index in [-0.39, 0.29) is 18.1 Å². The Kier molecular flexibility index (Phi) is 9.20. The van der Waals surface area contributed by atoms with Crippen molar-refractivity contribution in [3.63, 3.8) is 0 Å². The van der Waals surface area contributed by atoms with Gasteiger partial charge >= 0.3 is 11.9 Å². The average Bonchev–Trinajstić information content (AvgIpc) is 2.71. The number of rotatable bonds is 9. The number of amidine groups is 1. The normalized spacial score (nSPS) is 16.7. The van der Waals surface area contributed by atoms with Gasteiger partial charge in [0.2, 0.25) is 5.84 Å². The van der Waals surface area contributed by atoms with E-state index in [1.165, 1.54) is 44.5 Å². The molecule has 1 fully saturated rings. The first-order valence-electron chi connectivity index (χ1n) is 10.8. The van der Waals surface area contributed by atoms with Crippen LogP contribution in [0.1, 0.15) is 84.4 Å². The molecule has 0 unspecified atom stereocenters. The maximum Gasteiger partial charge on any atom is 0.338 e. The van der Waals surface area contributed by atoms with Crippen LogP contribution in [0.5, 0.6) is 0 Å². The largest absolute Gasteiger partial charge is 0.460 e. The maximum atomic E-state index is 12.6. The molecule has 2 N–H and O–H groups in total. The van der Waals surface area contributed by atoms with Gasteiger partial charge in [-0.3, -0.25) is 4.79 Å². The van der Waals surface area contributed by atoms with Crippen molar-refractivity contribution in [3.8, 4) is 0 Å². The average molecular weight is 419 g/mol. The molecule has 1 aromatic heterocycles. The summed E-state index contributed by atoms with van der Waals surface area (Å²) in [4.78, 5) is 37.9. The van der Waals surface area contributed by atoms with E-state index in [1.807, 2.05) is 0 Å². The molecule has 0 radical (unpaired) electrons. The van der Waals surface area contributed by atoms with Gasteiger partial charge in [0.05, 0.1) is 12.3 Å². The van der Waals surface area contributed by atoms with Crippen molar-refractivity contribution in [2.24, 2.45) is 22.7 Å². The molecule has 0 aliphatic heterocycles. The van der Waals surface area contributed by atoms with E-state index in [9.17, 15) is 9.59 Å². The van der Waals surface area contributed by atoms with E-state index >= 15 is 0 Å². The molecule has 0 amide bonds. The number of esters is 1. The van der Waals surface area contributed by atoms with Gasteiger partial charge in [0.25, 0.3) is 0 Å². The van der Waals surface area contributed by atoms with E-state index < -0.39 is 23.5 Å². The molecule has 30 heavy (non-hydrogen) atoms. The summed E-state index contributed by atoms with van der Waals surface area (Å²) in [5, 5.41) is 3.66. The van der Waals surface area contributed by atoms with Crippen molar-refractivity contribution >= 4 is 17.8 Å². The molecule has 8 heteroatoms. The van der Waals surface area contributed by atoms with Crippen LogP contribution < -0.4 is 5.73 Å². The number of aromatic nitrogens is 2. The first-order chi connectivity index (χ1) is 14.2. The number of nitrogens with zero attached hydrogens (tertiary/aromatic N) is 3. The lowest BCUT2D eigenvalue weighted by molar-refractivity contribution is -0.161. The van der Waals surface area contributed by atoms with Gasteiger partial charge in [-0.15, -0.1) is 0 Å². The summed E-state index contributed by atoms with van der Waals surface area (Å²) in [6, 6.07) is 1.64. The van der Waals surface area contributed by atoms with Crippen LogP contribution in [0.4, 0.5) is 0 Å². The van der Waals surface area contributed by atoms with Crippen molar-refractivity contribution in [2.75, 3.05) is 0 Å². The first-order valence-corrected chi connectivity index (χ1v) is 10.8. The monoisotopic (exact) mass is 418 g/mol. The molecule has 0 bridgehead atoms. The summed E-state index contributed by atoms with van der Waals surface area (Å²) in [5.74, 6) is -0.861. The second-order valence-electron chi connectivity index (χ2n) is 8.88. The Balaban J connectivity index is 1.95. The van der Waals surface area contributed by atoms with E-state index in [4.69, 9.17) is 15.3 Å². The number of hydrogen-bond acceptors (Lipinski definition) is 7. The minimum absolute atomic E-state index is 0.0436. The number of nitrogens with two attached hydrogens (primary N) is 1. The summed E-state index contributed by atoms with van der Waals surface area (Å²) in [5.41, 5.74) is 5.17. The predicted molar refractivity (Wildman–Crippen MR) is 113 cm³/mol. The zero-order valence-electron chi connectivity index (χ0n) is 18.3. The highest BCUT2D eigenvalue weighted by Gasteiger charge is 2.27. The van der Waals surface area contributed by atoms with Crippen LogP contribution in [-0.2, 0) is 19.2 Å². The third kappa shape index (κ3) is 8.88. The Hall–Kier alpha value is -2.51. The second kappa shape index (κ2) is 11.6. The fraction of sp³-hybridized carbons (Fsp3) is 0.682. The zero-order valence-corrected chi connectivity index (χ0v) is 18.3. The summed E-state index contributed by atoms with van der Waals surface area (Å²) < 4.78 is 5.38. The Morgan fingerprint density at radius 3 is 2.50 bits per heavy atom. The highest BCUT2D eigenvalue weighted by atomic mass is 16.7. The van der Waals surface area contributed by atoms with E-state index in [1.54, 1.807) is 26.8 Å². The highest BCUT2D eigenvalue weighted by molar-refractivity contribution is 5.93. The molecule has 166 valence electrons. The lowest BCUT2D eigenvalue weighted by Gasteiger charge is -2.23. The molecule has 2 rings (SSSR count). The summed E-state index contributed by atoms with van der Waals surface area (Å²) in [6.07, 6.45) is 11.8. The lowest BCUT2D eigenvalue weighted by atomic mass is 9.84. The minimum Gasteiger partial charge on any atom is -0.460 e. The van der Waals surface area contributed by atoms with Crippen LogP contribution in [-0.4, -0.2) is 33.3 Å². The molecule has 1 saturated carbocycles. The quantitative estimate of drug-likeness (QED) is 0.213. The number of hydrogen-bond donors (Lipinski definition) is 1. The molecule has 1 aromatic rings. The molecule has 0 spiro atoms. The van der Waals surface area contributed by atoms with Crippen LogP contribution in [0.2, 0.25) is 0 Å². The SMILES string of the molecule is CC(C)(C)OC(=O)C[C@@H](CCCC1CCCCC1)C(=O)O/N=C(\N)c1ncccn1. The van der Waals surface area contributed by atoms with Crippen molar-refractivity contribution in [3.05, 3.63) is 24.3 Å². The molecule has 1 heterocycles. The minimum atomic E-state index is -0.628. The van der Waals surface area contributed by atoms with Crippen molar-refractivity contribution in [1.29, 1.82) is 0 Å². The number of carbonyl (C=O) groups is 2.